The molecule has 3 aliphatic rings. The van der Waals surface area contributed by atoms with Crippen LogP contribution in [0.2, 0.25) is 0 Å². The first-order valence-electron chi connectivity index (χ1n) is 16.6. The standard InChI is InChI=1S/C38H47N2O4S2/c1-7-36(5)20-31(37(6)25(3)12-16-38(26(4)34(36)43)17-13-30(41)33(37)38)44-32(42)23-46-35-39-29(22-45-35)28-14-18-40(19-15-28)21-27-10-8-24(2)9-11-27/h7-11,14-15,18-19,22,25-26,31,33-34,43H,1,12-13,16-17,20-21,23H2,2-6H3/q+1/t25-,26+,31-,33+,34+,36-,37+,38+/m1/s1. The van der Waals surface area contributed by atoms with Crippen LogP contribution in [0, 0.1) is 40.9 Å². The lowest BCUT2D eigenvalue weighted by atomic mass is 9.44. The van der Waals surface area contributed by atoms with Gasteiger partial charge in [-0.2, -0.15) is 0 Å². The van der Waals surface area contributed by atoms with Gasteiger partial charge in [0.15, 0.2) is 23.3 Å². The van der Waals surface area contributed by atoms with Gasteiger partial charge in [0.1, 0.15) is 11.9 Å². The van der Waals surface area contributed by atoms with E-state index in [4.69, 9.17) is 9.72 Å². The Morgan fingerprint density at radius 1 is 1.17 bits per heavy atom. The minimum atomic E-state index is -0.671. The highest BCUT2D eigenvalue weighted by Crippen LogP contribution is 2.68. The van der Waals surface area contributed by atoms with Crippen molar-refractivity contribution in [3.63, 3.8) is 0 Å². The molecule has 3 aromatic rings. The van der Waals surface area contributed by atoms with Gasteiger partial charge in [-0.25, -0.2) is 9.55 Å². The largest absolute Gasteiger partial charge is 0.461 e. The quantitative estimate of drug-likeness (QED) is 0.117. The second-order valence-corrected chi connectivity index (χ2v) is 16.7. The Morgan fingerprint density at radius 3 is 2.59 bits per heavy atom. The topological polar surface area (TPSA) is 80.4 Å². The highest BCUT2D eigenvalue weighted by Gasteiger charge is 2.68. The van der Waals surface area contributed by atoms with Crippen molar-refractivity contribution in [2.24, 2.45) is 34.0 Å². The zero-order valence-electron chi connectivity index (χ0n) is 27.7. The van der Waals surface area contributed by atoms with Gasteiger partial charge in [-0.15, -0.1) is 17.9 Å². The summed E-state index contributed by atoms with van der Waals surface area (Å²) in [5.74, 6) is 0.0184. The Labute approximate surface area is 281 Å². The van der Waals surface area contributed by atoms with Crippen molar-refractivity contribution >= 4 is 34.9 Å². The molecule has 3 saturated carbocycles. The molecule has 0 amide bonds. The van der Waals surface area contributed by atoms with E-state index >= 15 is 0 Å². The highest BCUT2D eigenvalue weighted by atomic mass is 32.2. The summed E-state index contributed by atoms with van der Waals surface area (Å²) in [7, 11) is 0. The first-order chi connectivity index (χ1) is 21.9. The number of rotatable bonds is 8. The van der Waals surface area contributed by atoms with Crippen LogP contribution >= 0.6 is 23.1 Å². The van der Waals surface area contributed by atoms with Gasteiger partial charge >= 0.3 is 5.97 Å². The molecule has 1 N–H and O–H groups in total. The summed E-state index contributed by atoms with van der Waals surface area (Å²) >= 11 is 2.91. The number of hydrogen-bond donors (Lipinski definition) is 1. The molecule has 8 atom stereocenters. The van der Waals surface area contributed by atoms with Crippen LogP contribution in [0.25, 0.3) is 11.3 Å². The van der Waals surface area contributed by atoms with Crippen LogP contribution in [0.3, 0.4) is 0 Å². The van der Waals surface area contributed by atoms with Gasteiger partial charge in [-0.05, 0) is 49.9 Å². The molecule has 0 radical (unpaired) electrons. The summed E-state index contributed by atoms with van der Waals surface area (Å²) in [6, 6.07) is 12.7. The van der Waals surface area contributed by atoms with Crippen molar-refractivity contribution in [2.75, 3.05) is 5.75 Å². The third-order valence-electron chi connectivity index (χ3n) is 12.0. The van der Waals surface area contributed by atoms with Gasteiger partial charge in [0.2, 0.25) is 0 Å². The third kappa shape index (κ3) is 5.79. The van der Waals surface area contributed by atoms with Gasteiger partial charge in [-0.1, -0.05) is 75.4 Å². The number of benzene rings is 1. The Hall–Kier alpha value is -2.81. The van der Waals surface area contributed by atoms with Crippen molar-refractivity contribution in [1.82, 2.24) is 4.98 Å². The molecule has 0 unspecified atom stereocenters. The molecule has 0 aliphatic heterocycles. The molecule has 2 bridgehead atoms. The average Bonchev–Trinajstić information content (AvgIpc) is 3.67. The van der Waals surface area contributed by atoms with Crippen LogP contribution in [0.1, 0.15) is 70.9 Å². The summed E-state index contributed by atoms with van der Waals surface area (Å²) in [5, 5.41) is 13.8. The van der Waals surface area contributed by atoms with Gasteiger partial charge in [0.25, 0.3) is 0 Å². The molecule has 2 aromatic heterocycles. The zero-order chi connectivity index (χ0) is 32.9. The molecule has 1 aromatic carbocycles. The highest BCUT2D eigenvalue weighted by molar-refractivity contribution is 8.01. The summed E-state index contributed by atoms with van der Waals surface area (Å²) in [5.41, 5.74) is 2.98. The molecule has 0 spiro atoms. The molecule has 3 fully saturated rings. The summed E-state index contributed by atoms with van der Waals surface area (Å²) < 4.78 is 9.36. The van der Waals surface area contributed by atoms with Crippen LogP contribution < -0.4 is 4.57 Å². The lowest BCUT2D eigenvalue weighted by Crippen LogP contribution is -2.63. The van der Waals surface area contributed by atoms with E-state index in [1.54, 1.807) is 0 Å². The monoisotopic (exact) mass is 659 g/mol. The number of carbonyl (C=O) groups excluding carboxylic acids is 2. The van der Waals surface area contributed by atoms with E-state index in [1.807, 2.05) is 18.4 Å². The van der Waals surface area contributed by atoms with E-state index in [1.165, 1.54) is 34.2 Å². The number of aromatic nitrogens is 2. The number of esters is 1. The van der Waals surface area contributed by atoms with Gasteiger partial charge < -0.3 is 9.84 Å². The molecule has 2 heterocycles. The molecule has 3 aliphatic carbocycles. The predicted octanol–water partition coefficient (Wildman–Crippen LogP) is 7.45. The number of aliphatic hydroxyl groups is 1. The second kappa shape index (κ2) is 12.7. The number of thiazole rings is 1. The number of pyridine rings is 1. The molecule has 8 heteroatoms. The van der Waals surface area contributed by atoms with Gasteiger partial charge in [-0.3, -0.25) is 9.59 Å². The number of carbonyl (C=O) groups is 2. The van der Waals surface area contributed by atoms with Crippen LogP contribution in [0.5, 0.6) is 0 Å². The summed E-state index contributed by atoms with van der Waals surface area (Å²) in [4.78, 5) is 32.0. The molecular formula is C38H47N2O4S2+. The Bertz CT molecular complexity index is 1600. The molecule has 6 rings (SSSR count). The Balaban J connectivity index is 1.15. The molecule has 244 valence electrons. The van der Waals surface area contributed by atoms with E-state index in [-0.39, 0.29) is 40.7 Å². The third-order valence-corrected chi connectivity index (χ3v) is 14.0. The number of ether oxygens (including phenoxy) is 1. The second-order valence-electron chi connectivity index (χ2n) is 14.6. The number of hydrogen-bond acceptors (Lipinski definition) is 7. The normalized spacial score (nSPS) is 34.0. The maximum atomic E-state index is 13.6. The molecule has 0 saturated heterocycles. The van der Waals surface area contributed by atoms with Crippen LogP contribution in [0.15, 0.2) is 71.2 Å². The molecule has 46 heavy (non-hydrogen) atoms. The van der Waals surface area contributed by atoms with Crippen molar-refractivity contribution in [3.8, 4) is 11.3 Å². The van der Waals surface area contributed by atoms with Crippen molar-refractivity contribution in [1.29, 1.82) is 0 Å². The lowest BCUT2D eigenvalue weighted by Gasteiger charge is -2.61. The summed E-state index contributed by atoms with van der Waals surface area (Å²) in [6.45, 7) is 15.5. The van der Waals surface area contributed by atoms with E-state index < -0.39 is 23.0 Å². The van der Waals surface area contributed by atoms with Crippen LogP contribution in [-0.2, 0) is 20.9 Å². The number of thioether (sulfide) groups is 1. The van der Waals surface area contributed by atoms with Crippen molar-refractivity contribution < 1.29 is 24.0 Å². The molecular weight excluding hydrogens is 613 g/mol. The van der Waals surface area contributed by atoms with E-state index in [0.29, 0.717) is 12.8 Å². The predicted molar refractivity (Wildman–Crippen MR) is 183 cm³/mol. The van der Waals surface area contributed by atoms with E-state index in [0.717, 1.165) is 41.4 Å². The minimum absolute atomic E-state index is 0.0481. The maximum Gasteiger partial charge on any atom is 0.316 e. The fourth-order valence-electron chi connectivity index (χ4n) is 8.91. The number of Topliss-reactive ketones (excluding diaryl/α,β-unsaturated/α-hetero) is 1. The molecule has 6 nitrogen and oxygen atoms in total. The number of ketones is 1. The summed E-state index contributed by atoms with van der Waals surface area (Å²) in [6.07, 6.45) is 8.45. The fourth-order valence-corrected chi connectivity index (χ4v) is 10.5. The van der Waals surface area contributed by atoms with E-state index in [9.17, 15) is 14.7 Å². The number of aryl methyl sites for hydroxylation is 1. The average molecular weight is 660 g/mol. The number of aliphatic hydroxyl groups excluding tert-OH is 1. The first-order valence-corrected chi connectivity index (χ1v) is 18.4. The van der Waals surface area contributed by atoms with Crippen molar-refractivity contribution in [2.45, 2.75) is 89.8 Å². The SMILES string of the molecule is C=C[C@]1(C)C[C@@H](OC(=O)CSc2nc(-c3cc[n+](Cc4ccc(C)cc4)cc3)cs2)[C@]2(C)[C@H](C)CC[C@]3(CCC(=O)[C@H]32)[C@@H](C)[C@@H]1O. The van der Waals surface area contributed by atoms with Gasteiger partial charge in [0.05, 0.1) is 17.6 Å². The minimum Gasteiger partial charge on any atom is -0.461 e. The van der Waals surface area contributed by atoms with Crippen LogP contribution in [-0.4, -0.2) is 39.8 Å². The maximum absolute atomic E-state index is 13.6. The van der Waals surface area contributed by atoms with E-state index in [2.05, 4.69) is 87.6 Å². The fraction of sp³-hybridized carbons (Fsp3) is 0.526. The first kappa shape index (κ1) is 33.1. The van der Waals surface area contributed by atoms with Gasteiger partial charge in [0, 0.05) is 51.8 Å². The van der Waals surface area contributed by atoms with Crippen LogP contribution in [0.4, 0.5) is 0 Å². The lowest BCUT2D eigenvalue weighted by molar-refractivity contribution is -0.688. The van der Waals surface area contributed by atoms with Crippen molar-refractivity contribution in [3.05, 3.63) is 78.0 Å². The smallest absolute Gasteiger partial charge is 0.316 e. The Kier molecular flexibility index (Phi) is 9.11. The zero-order valence-corrected chi connectivity index (χ0v) is 29.3. The number of nitrogens with zero attached hydrogens (tertiary/aromatic N) is 2. The Morgan fingerprint density at radius 2 is 1.89 bits per heavy atom.